The Hall–Kier alpha value is -0.830. The molecule has 0 aliphatic heterocycles. The van der Waals surface area contributed by atoms with Crippen LogP contribution in [0.4, 0.5) is 5.69 Å². The van der Waals surface area contributed by atoms with E-state index in [1.54, 1.807) is 7.11 Å². The van der Waals surface area contributed by atoms with Crippen LogP contribution in [0.5, 0.6) is 5.75 Å². The van der Waals surface area contributed by atoms with Gasteiger partial charge >= 0.3 is 0 Å². The summed E-state index contributed by atoms with van der Waals surface area (Å²) in [7, 11) is 1.69. The van der Waals surface area contributed by atoms with Gasteiger partial charge in [0, 0.05) is 18.3 Å². The van der Waals surface area contributed by atoms with Crippen molar-refractivity contribution in [2.75, 3.05) is 30.5 Å². The third kappa shape index (κ3) is 4.98. The van der Waals surface area contributed by atoms with Crippen LogP contribution in [0.1, 0.15) is 13.3 Å². The Labute approximate surface area is 96.4 Å². The molecule has 0 amide bonds. The van der Waals surface area contributed by atoms with Gasteiger partial charge in [0.25, 0.3) is 0 Å². The van der Waals surface area contributed by atoms with Crippen LogP contribution in [0.3, 0.4) is 0 Å². The van der Waals surface area contributed by atoms with Crippen molar-refractivity contribution in [2.45, 2.75) is 13.3 Å². The fraction of sp³-hybridized carbons (Fsp3) is 0.500. The number of methoxy groups -OCH3 is 1. The predicted octanol–water partition coefficient (Wildman–Crippen LogP) is 3.25. The number of hydrogen-bond donors (Lipinski definition) is 1. The third-order valence-electron chi connectivity index (χ3n) is 2.07. The van der Waals surface area contributed by atoms with Crippen molar-refractivity contribution in [1.82, 2.24) is 0 Å². The molecule has 1 aromatic rings. The first kappa shape index (κ1) is 12.2. The lowest BCUT2D eigenvalue weighted by molar-refractivity contribution is 0.415. The van der Waals surface area contributed by atoms with Crippen molar-refractivity contribution in [2.24, 2.45) is 0 Å². The zero-order valence-corrected chi connectivity index (χ0v) is 10.3. The fourth-order valence-electron chi connectivity index (χ4n) is 1.28. The quantitative estimate of drug-likeness (QED) is 0.720. The molecule has 1 aromatic carbocycles. The van der Waals surface area contributed by atoms with Crippen molar-refractivity contribution >= 4 is 17.4 Å². The first-order valence-electron chi connectivity index (χ1n) is 5.32. The second-order valence-electron chi connectivity index (χ2n) is 3.21. The van der Waals surface area contributed by atoms with Gasteiger partial charge in [0.1, 0.15) is 5.75 Å². The maximum absolute atomic E-state index is 5.16. The zero-order chi connectivity index (χ0) is 10.9. The zero-order valence-electron chi connectivity index (χ0n) is 9.45. The van der Waals surface area contributed by atoms with Crippen LogP contribution in [-0.2, 0) is 0 Å². The van der Waals surface area contributed by atoms with E-state index in [-0.39, 0.29) is 0 Å². The van der Waals surface area contributed by atoms with Gasteiger partial charge in [-0.3, -0.25) is 0 Å². The standard InChI is InChI=1S/C12H19NOS/c1-3-15-9-5-8-13-11-6-4-7-12(10-11)14-2/h4,6-7,10,13H,3,5,8-9H2,1-2H3. The van der Waals surface area contributed by atoms with Gasteiger partial charge in [0.2, 0.25) is 0 Å². The van der Waals surface area contributed by atoms with E-state index >= 15 is 0 Å². The Kier molecular flexibility index (Phi) is 6.09. The number of thioether (sulfide) groups is 1. The van der Waals surface area contributed by atoms with Crippen LogP contribution in [0.2, 0.25) is 0 Å². The van der Waals surface area contributed by atoms with Gasteiger partial charge in [0.05, 0.1) is 7.11 Å². The Morgan fingerprint density at radius 1 is 1.40 bits per heavy atom. The molecule has 0 heterocycles. The van der Waals surface area contributed by atoms with Crippen molar-refractivity contribution in [3.05, 3.63) is 24.3 Å². The molecule has 0 fully saturated rings. The smallest absolute Gasteiger partial charge is 0.120 e. The average molecular weight is 225 g/mol. The lowest BCUT2D eigenvalue weighted by Crippen LogP contribution is -2.02. The summed E-state index contributed by atoms with van der Waals surface area (Å²) in [5.74, 6) is 3.34. The van der Waals surface area contributed by atoms with Crippen LogP contribution < -0.4 is 10.1 Å². The molecule has 15 heavy (non-hydrogen) atoms. The predicted molar refractivity (Wildman–Crippen MR) is 69.1 cm³/mol. The molecule has 0 saturated heterocycles. The van der Waals surface area contributed by atoms with E-state index in [1.807, 2.05) is 30.0 Å². The van der Waals surface area contributed by atoms with Crippen LogP contribution in [0.15, 0.2) is 24.3 Å². The van der Waals surface area contributed by atoms with Crippen LogP contribution in [-0.4, -0.2) is 25.2 Å². The van der Waals surface area contributed by atoms with Crippen molar-refractivity contribution in [1.29, 1.82) is 0 Å². The highest BCUT2D eigenvalue weighted by Gasteiger charge is 1.94. The summed E-state index contributed by atoms with van der Waals surface area (Å²) in [6.45, 7) is 3.22. The van der Waals surface area contributed by atoms with Crippen LogP contribution in [0, 0.1) is 0 Å². The molecule has 0 aliphatic rings. The van der Waals surface area contributed by atoms with Crippen molar-refractivity contribution in [3.8, 4) is 5.75 Å². The summed E-state index contributed by atoms with van der Waals surface area (Å²) < 4.78 is 5.16. The maximum atomic E-state index is 5.16. The van der Waals surface area contributed by atoms with Crippen LogP contribution in [0.25, 0.3) is 0 Å². The molecule has 1 N–H and O–H groups in total. The van der Waals surface area contributed by atoms with E-state index in [2.05, 4.69) is 18.3 Å². The highest BCUT2D eigenvalue weighted by atomic mass is 32.2. The number of rotatable bonds is 7. The Balaban J connectivity index is 2.24. The lowest BCUT2D eigenvalue weighted by atomic mass is 10.3. The first-order chi connectivity index (χ1) is 7.36. The largest absolute Gasteiger partial charge is 0.497 e. The molecule has 0 aromatic heterocycles. The fourth-order valence-corrected chi connectivity index (χ4v) is 1.92. The second-order valence-corrected chi connectivity index (χ2v) is 4.60. The molecule has 0 bridgehead atoms. The maximum Gasteiger partial charge on any atom is 0.120 e. The van der Waals surface area contributed by atoms with Gasteiger partial charge in [-0.1, -0.05) is 13.0 Å². The van der Waals surface area contributed by atoms with Crippen molar-refractivity contribution < 1.29 is 4.74 Å². The third-order valence-corrected chi connectivity index (χ3v) is 3.05. The highest BCUT2D eigenvalue weighted by molar-refractivity contribution is 7.99. The molecule has 1 rings (SSSR count). The number of benzene rings is 1. The highest BCUT2D eigenvalue weighted by Crippen LogP contribution is 2.16. The van der Waals surface area contributed by atoms with Crippen LogP contribution >= 0.6 is 11.8 Å². The van der Waals surface area contributed by atoms with Gasteiger partial charge in [-0.05, 0) is 30.1 Å². The summed E-state index contributed by atoms with van der Waals surface area (Å²) in [6.07, 6.45) is 1.20. The summed E-state index contributed by atoms with van der Waals surface area (Å²) in [5, 5.41) is 3.38. The molecule has 0 saturated carbocycles. The summed E-state index contributed by atoms with van der Waals surface area (Å²) in [4.78, 5) is 0. The lowest BCUT2D eigenvalue weighted by Gasteiger charge is -2.07. The van der Waals surface area contributed by atoms with Gasteiger partial charge in [-0.25, -0.2) is 0 Å². The van der Waals surface area contributed by atoms with Gasteiger partial charge in [0.15, 0.2) is 0 Å². The number of anilines is 1. The average Bonchev–Trinajstić information content (AvgIpc) is 2.29. The molecule has 0 unspecified atom stereocenters. The van der Waals surface area contributed by atoms with E-state index in [0.29, 0.717) is 0 Å². The van der Waals surface area contributed by atoms with E-state index in [9.17, 15) is 0 Å². The minimum atomic E-state index is 0.905. The molecule has 84 valence electrons. The molecule has 0 atom stereocenters. The van der Waals surface area contributed by atoms with Crippen molar-refractivity contribution in [3.63, 3.8) is 0 Å². The molecule has 0 radical (unpaired) electrons. The normalized spacial score (nSPS) is 10.0. The van der Waals surface area contributed by atoms with E-state index in [1.165, 1.54) is 17.9 Å². The Morgan fingerprint density at radius 2 is 2.27 bits per heavy atom. The molecule has 0 spiro atoms. The number of hydrogen-bond acceptors (Lipinski definition) is 3. The number of nitrogens with one attached hydrogen (secondary N) is 1. The van der Waals surface area contributed by atoms with E-state index in [4.69, 9.17) is 4.74 Å². The van der Waals surface area contributed by atoms with E-state index < -0.39 is 0 Å². The Morgan fingerprint density at radius 3 is 3.00 bits per heavy atom. The first-order valence-corrected chi connectivity index (χ1v) is 6.48. The number of ether oxygens (including phenoxy) is 1. The molecular formula is C12H19NOS. The molecule has 0 aliphatic carbocycles. The van der Waals surface area contributed by atoms with E-state index in [0.717, 1.165) is 18.0 Å². The Bertz CT molecular complexity index is 278. The monoisotopic (exact) mass is 225 g/mol. The topological polar surface area (TPSA) is 21.3 Å². The van der Waals surface area contributed by atoms with Gasteiger partial charge < -0.3 is 10.1 Å². The van der Waals surface area contributed by atoms with Gasteiger partial charge in [-0.15, -0.1) is 0 Å². The summed E-state index contributed by atoms with van der Waals surface area (Å²) in [6, 6.07) is 8.04. The summed E-state index contributed by atoms with van der Waals surface area (Å²) >= 11 is 1.99. The second kappa shape index (κ2) is 7.46. The summed E-state index contributed by atoms with van der Waals surface area (Å²) in [5.41, 5.74) is 1.14. The molecule has 3 heteroatoms. The van der Waals surface area contributed by atoms with Gasteiger partial charge in [-0.2, -0.15) is 11.8 Å². The molecule has 2 nitrogen and oxygen atoms in total. The SMILES string of the molecule is CCSCCCNc1cccc(OC)c1. The minimum absolute atomic E-state index is 0.905. The minimum Gasteiger partial charge on any atom is -0.497 e. The molecular weight excluding hydrogens is 206 g/mol.